The lowest BCUT2D eigenvalue weighted by Gasteiger charge is -2.08. The average molecular weight is 368 g/mol. The van der Waals surface area contributed by atoms with E-state index in [1.165, 1.54) is 9.13 Å². The molecule has 0 aliphatic heterocycles. The van der Waals surface area contributed by atoms with Crippen molar-refractivity contribution in [2.75, 3.05) is 0 Å². The molecule has 0 bridgehead atoms. The summed E-state index contributed by atoms with van der Waals surface area (Å²) in [7, 11) is -6.09. The Morgan fingerprint density at radius 2 is 1.75 bits per heavy atom. The predicted octanol–water partition coefficient (Wildman–Crippen LogP) is -1.50. The number of aryl methyl sites for hydroxylation is 1. The summed E-state index contributed by atoms with van der Waals surface area (Å²) in [5, 5.41) is 0. The summed E-state index contributed by atoms with van der Waals surface area (Å²) in [6.07, 6.45) is 0. The fourth-order valence-corrected chi connectivity index (χ4v) is 1.37. The molecule has 1 rings (SSSR count). The Bertz CT molecular complexity index is 425. The second-order valence-corrected chi connectivity index (χ2v) is 5.43. The van der Waals surface area contributed by atoms with Crippen molar-refractivity contribution in [3.8, 4) is 0 Å². The number of hydrogen-bond donors (Lipinski definition) is 0. The highest BCUT2D eigenvalue weighted by Crippen LogP contribution is 2.20. The quantitative estimate of drug-likeness (QED) is 0.318. The SMILES string of the molecule is Cc1cccc([IH+])c1.O=S(=O)([O-])C(F)(F)F. The summed E-state index contributed by atoms with van der Waals surface area (Å²) < 4.78 is 60.3. The first kappa shape index (κ1) is 15.7. The van der Waals surface area contributed by atoms with E-state index in [0.29, 0.717) is 0 Å². The van der Waals surface area contributed by atoms with Crippen LogP contribution in [0.1, 0.15) is 5.56 Å². The van der Waals surface area contributed by atoms with E-state index < -0.39 is 15.6 Å². The van der Waals surface area contributed by atoms with Crippen LogP contribution in [0.3, 0.4) is 0 Å². The molecule has 0 unspecified atom stereocenters. The van der Waals surface area contributed by atoms with Gasteiger partial charge in [-0.05, 0) is 24.6 Å². The third-order valence-electron chi connectivity index (χ3n) is 1.27. The number of alkyl halides is 3. The van der Waals surface area contributed by atoms with E-state index in [1.54, 1.807) is 0 Å². The molecule has 92 valence electrons. The van der Waals surface area contributed by atoms with Crippen molar-refractivity contribution in [3.05, 3.63) is 33.4 Å². The van der Waals surface area contributed by atoms with Gasteiger partial charge in [-0.2, -0.15) is 13.2 Å². The van der Waals surface area contributed by atoms with Gasteiger partial charge in [-0.15, -0.1) is 0 Å². The first-order valence-electron chi connectivity index (χ1n) is 3.80. The van der Waals surface area contributed by atoms with Crippen LogP contribution in [0.4, 0.5) is 13.2 Å². The van der Waals surface area contributed by atoms with E-state index in [0.717, 1.165) is 0 Å². The van der Waals surface area contributed by atoms with Crippen LogP contribution < -0.4 is 22.6 Å². The smallest absolute Gasteiger partial charge is 0.485 e. The van der Waals surface area contributed by atoms with E-state index >= 15 is 0 Å². The van der Waals surface area contributed by atoms with Gasteiger partial charge in [0.25, 0.3) is 22.6 Å². The maximum absolute atomic E-state index is 10.7. The van der Waals surface area contributed by atoms with Crippen molar-refractivity contribution in [3.63, 3.8) is 0 Å². The summed E-state index contributed by atoms with van der Waals surface area (Å²) in [6, 6.07) is 8.46. The Kier molecular flexibility index (Phi) is 5.70. The van der Waals surface area contributed by atoms with Gasteiger partial charge in [0.1, 0.15) is 0 Å². The Hall–Kier alpha value is -0.350. The highest BCUT2D eigenvalue weighted by Gasteiger charge is 2.36. The Balaban J connectivity index is 0.000000281. The van der Waals surface area contributed by atoms with Crippen molar-refractivity contribution in [2.45, 2.75) is 12.4 Å². The first-order valence-corrected chi connectivity index (χ1v) is 6.37. The monoisotopic (exact) mass is 368 g/mol. The third kappa shape index (κ3) is 6.28. The van der Waals surface area contributed by atoms with Crippen LogP contribution in [-0.2, 0) is 10.1 Å². The number of hydrogen-bond acceptors (Lipinski definition) is 3. The van der Waals surface area contributed by atoms with Crippen molar-refractivity contribution < 1.29 is 48.7 Å². The fraction of sp³-hybridized carbons (Fsp3) is 0.250. The maximum Gasteiger partial charge on any atom is 0.485 e. The summed E-state index contributed by atoms with van der Waals surface area (Å²) in [5.41, 5.74) is -4.31. The zero-order valence-electron chi connectivity index (χ0n) is 7.98. The largest absolute Gasteiger partial charge is 0.741 e. The highest BCUT2D eigenvalue weighted by atomic mass is 127. The standard InChI is InChI=1S/C7H8I.CHF3O3S/c1-6-3-2-4-7(8)5-6;2-1(3,4)8(5,6)7/h2-5,8H,1H3;(H,5,6,7)/q+1;/p-1. The molecule has 1 aromatic rings. The first-order chi connectivity index (χ1) is 7.04. The van der Waals surface area contributed by atoms with Gasteiger partial charge in [0, 0.05) is 0 Å². The molecule has 0 amide bonds. The molecule has 8 heteroatoms. The van der Waals surface area contributed by atoms with E-state index in [2.05, 4.69) is 31.2 Å². The molecule has 0 aromatic heterocycles. The number of benzene rings is 1. The summed E-state index contributed by atoms with van der Waals surface area (Å²) >= 11 is 2.04. The minimum absolute atomic E-state index is 1.34. The molecule has 0 aliphatic carbocycles. The van der Waals surface area contributed by atoms with Gasteiger partial charge in [0.15, 0.2) is 13.7 Å². The van der Waals surface area contributed by atoms with Crippen molar-refractivity contribution in [1.29, 1.82) is 0 Å². The molecule has 0 heterocycles. The molecule has 3 nitrogen and oxygen atoms in total. The fourth-order valence-electron chi connectivity index (χ4n) is 0.615. The third-order valence-corrected chi connectivity index (χ3v) is 2.56. The topological polar surface area (TPSA) is 57.2 Å². The van der Waals surface area contributed by atoms with Crippen LogP contribution in [0.25, 0.3) is 0 Å². The molecular formula is C8H8F3IO3S. The number of halogens is 4. The van der Waals surface area contributed by atoms with Gasteiger partial charge < -0.3 is 4.55 Å². The van der Waals surface area contributed by atoms with Gasteiger partial charge in [-0.25, -0.2) is 8.42 Å². The molecule has 0 saturated carbocycles. The van der Waals surface area contributed by atoms with Gasteiger partial charge in [0.05, 0.1) is 0 Å². The molecule has 0 radical (unpaired) electrons. The minimum atomic E-state index is -6.09. The second-order valence-electron chi connectivity index (χ2n) is 2.72. The van der Waals surface area contributed by atoms with Crippen molar-refractivity contribution >= 4 is 10.1 Å². The lowest BCUT2D eigenvalue weighted by molar-refractivity contribution is -0.328. The molecule has 0 fully saturated rings. The van der Waals surface area contributed by atoms with Crippen LogP contribution in [-0.4, -0.2) is 18.5 Å². The molecule has 0 N–H and O–H groups in total. The van der Waals surface area contributed by atoms with Gasteiger partial charge in [-0.3, -0.25) is 0 Å². The molecule has 0 spiro atoms. The highest BCUT2D eigenvalue weighted by molar-refractivity contribution is 7.86. The molecular weight excluding hydrogens is 360 g/mol. The minimum Gasteiger partial charge on any atom is -0.741 e. The average Bonchev–Trinajstić information content (AvgIpc) is 2.00. The second kappa shape index (κ2) is 5.82. The van der Waals surface area contributed by atoms with Crippen molar-refractivity contribution in [1.82, 2.24) is 0 Å². The van der Waals surface area contributed by atoms with Crippen LogP contribution in [0.15, 0.2) is 24.3 Å². The zero-order valence-corrected chi connectivity index (χ0v) is 11.1. The van der Waals surface area contributed by atoms with Crippen LogP contribution in [0.5, 0.6) is 0 Å². The summed E-state index contributed by atoms with van der Waals surface area (Å²) in [6.45, 7) is 2.11. The Morgan fingerprint density at radius 3 is 1.94 bits per heavy atom. The lowest BCUT2D eigenvalue weighted by atomic mass is 10.2. The number of rotatable bonds is 0. The van der Waals surface area contributed by atoms with Crippen molar-refractivity contribution in [2.24, 2.45) is 0 Å². The Labute approximate surface area is 105 Å². The van der Waals surface area contributed by atoms with Gasteiger partial charge >= 0.3 is 5.51 Å². The lowest BCUT2D eigenvalue weighted by Crippen LogP contribution is -3.34. The molecule has 16 heavy (non-hydrogen) atoms. The summed E-state index contributed by atoms with van der Waals surface area (Å²) in [4.78, 5) is 0. The molecule has 0 saturated heterocycles. The maximum atomic E-state index is 10.7. The van der Waals surface area contributed by atoms with Gasteiger partial charge in [-0.1, -0.05) is 12.1 Å². The normalized spacial score (nSPS) is 11.6. The van der Waals surface area contributed by atoms with E-state index in [4.69, 9.17) is 13.0 Å². The summed E-state index contributed by atoms with van der Waals surface area (Å²) in [5.74, 6) is 0. The molecule has 0 aliphatic rings. The zero-order chi connectivity index (χ0) is 13.0. The van der Waals surface area contributed by atoms with Crippen LogP contribution in [0, 0.1) is 10.5 Å². The van der Waals surface area contributed by atoms with Crippen LogP contribution in [0.2, 0.25) is 0 Å². The predicted molar refractivity (Wildman–Crippen MR) is 47.0 cm³/mol. The molecule has 0 atom stereocenters. The van der Waals surface area contributed by atoms with Gasteiger partial charge in [0.2, 0.25) is 0 Å². The van der Waals surface area contributed by atoms with E-state index in [9.17, 15) is 13.2 Å². The Morgan fingerprint density at radius 1 is 1.31 bits per heavy atom. The van der Waals surface area contributed by atoms with E-state index in [-0.39, 0.29) is 0 Å². The van der Waals surface area contributed by atoms with E-state index in [1.807, 2.05) is 22.6 Å². The van der Waals surface area contributed by atoms with Crippen LogP contribution >= 0.6 is 0 Å². The molecule has 1 aromatic carbocycles.